The molecule has 0 saturated carbocycles. The fourth-order valence-electron chi connectivity index (χ4n) is 4.19. The molecule has 1 aliphatic rings. The van der Waals surface area contributed by atoms with Gasteiger partial charge in [0.2, 0.25) is 0 Å². The number of aliphatic carboxylic acids is 1. The number of benzene rings is 2. The number of rotatable bonds is 6. The number of aromatic nitrogens is 1. The van der Waals surface area contributed by atoms with Crippen LogP contribution in [0.25, 0.3) is 11.1 Å². The number of carboxylic acids is 1. The van der Waals surface area contributed by atoms with E-state index in [1.807, 2.05) is 38.1 Å². The van der Waals surface area contributed by atoms with Gasteiger partial charge in [0, 0.05) is 23.2 Å². The summed E-state index contributed by atoms with van der Waals surface area (Å²) in [6.45, 7) is 3.75. The number of H-pyrrole nitrogens is 1. The van der Waals surface area contributed by atoms with Crippen LogP contribution >= 0.6 is 11.6 Å². The molecule has 3 aromatic rings. The van der Waals surface area contributed by atoms with Crippen molar-refractivity contribution in [1.82, 2.24) is 9.99 Å². The normalized spacial score (nSPS) is 16.2. The van der Waals surface area contributed by atoms with Crippen molar-refractivity contribution in [2.45, 2.75) is 38.9 Å². The first kappa shape index (κ1) is 24.3. The second-order valence-corrected chi connectivity index (χ2v) is 8.92. The van der Waals surface area contributed by atoms with Crippen LogP contribution in [0.1, 0.15) is 41.1 Å². The molecule has 0 bridgehead atoms. The Kier molecular flexibility index (Phi) is 6.84. The second-order valence-electron chi connectivity index (χ2n) is 8.48. The molecule has 4 rings (SSSR count). The van der Waals surface area contributed by atoms with E-state index in [2.05, 4.69) is 10.1 Å². The van der Waals surface area contributed by atoms with E-state index in [1.54, 1.807) is 30.5 Å². The number of alkyl halides is 1. The van der Waals surface area contributed by atoms with Gasteiger partial charge in [-0.3, -0.25) is 14.4 Å². The van der Waals surface area contributed by atoms with Crippen molar-refractivity contribution >= 4 is 29.2 Å². The van der Waals surface area contributed by atoms with Gasteiger partial charge in [0.25, 0.3) is 11.5 Å². The number of hydrogen-bond acceptors (Lipinski definition) is 4. The third-order valence-electron chi connectivity index (χ3n) is 5.93. The maximum Gasteiger partial charge on any atom is 0.306 e. The van der Waals surface area contributed by atoms with Crippen molar-refractivity contribution in [2.75, 3.05) is 0 Å². The molecule has 0 fully saturated rings. The van der Waals surface area contributed by atoms with Gasteiger partial charge < -0.3 is 10.1 Å². The Balaban J connectivity index is 1.84. The number of pyridine rings is 1. The zero-order valence-electron chi connectivity index (χ0n) is 19.1. The number of aryl methyl sites for hydroxylation is 2. The predicted octanol–water partition coefficient (Wildman–Crippen LogP) is 4.80. The first-order chi connectivity index (χ1) is 16.7. The van der Waals surface area contributed by atoms with Gasteiger partial charge in [-0.05, 0) is 42.7 Å². The average Bonchev–Trinajstić information content (AvgIpc) is 3.25. The highest BCUT2D eigenvalue weighted by Gasteiger charge is 2.38. The maximum absolute atomic E-state index is 14.6. The van der Waals surface area contributed by atoms with Crippen LogP contribution in [0.4, 0.5) is 4.39 Å². The SMILES string of the molecule is Cc1ccc([C@H]2CC(c3c(-c4ccc(Cl)cc4)c(C)c[nH]c3=O)=NN2C(=O)C(F)CC(=O)O)cc1. The number of hydrogen-bond donors (Lipinski definition) is 2. The summed E-state index contributed by atoms with van der Waals surface area (Å²) >= 11 is 6.04. The van der Waals surface area contributed by atoms with Gasteiger partial charge in [0.15, 0.2) is 6.17 Å². The molecule has 2 N–H and O–H groups in total. The van der Waals surface area contributed by atoms with E-state index < -0.39 is 36.1 Å². The van der Waals surface area contributed by atoms with E-state index in [4.69, 9.17) is 16.7 Å². The van der Waals surface area contributed by atoms with E-state index in [0.717, 1.165) is 21.7 Å². The van der Waals surface area contributed by atoms with Crippen LogP contribution in [0.5, 0.6) is 0 Å². The third-order valence-corrected chi connectivity index (χ3v) is 6.18. The summed E-state index contributed by atoms with van der Waals surface area (Å²) < 4.78 is 14.6. The van der Waals surface area contributed by atoms with Crippen LogP contribution < -0.4 is 5.56 Å². The van der Waals surface area contributed by atoms with Gasteiger partial charge in [-0.15, -0.1) is 0 Å². The molecule has 2 aromatic carbocycles. The zero-order valence-corrected chi connectivity index (χ0v) is 19.8. The number of nitrogens with one attached hydrogen (secondary N) is 1. The van der Waals surface area contributed by atoms with Crippen molar-refractivity contribution < 1.29 is 19.1 Å². The van der Waals surface area contributed by atoms with E-state index >= 15 is 0 Å². The number of carbonyl (C=O) groups excluding carboxylic acids is 1. The number of aromatic amines is 1. The number of halogens is 2. The minimum Gasteiger partial charge on any atom is -0.481 e. The molecule has 35 heavy (non-hydrogen) atoms. The summed E-state index contributed by atoms with van der Waals surface area (Å²) in [6.07, 6.45) is -1.49. The molecular formula is C26H23ClFN3O4. The first-order valence-electron chi connectivity index (χ1n) is 11.0. The van der Waals surface area contributed by atoms with E-state index in [0.29, 0.717) is 21.9 Å². The average molecular weight is 496 g/mol. The first-order valence-corrected chi connectivity index (χ1v) is 11.3. The Morgan fingerprint density at radius 2 is 1.80 bits per heavy atom. The maximum atomic E-state index is 14.6. The van der Waals surface area contributed by atoms with Crippen LogP contribution in [-0.4, -0.2) is 38.9 Å². The number of hydrazone groups is 1. The fourth-order valence-corrected chi connectivity index (χ4v) is 4.32. The van der Waals surface area contributed by atoms with Crippen molar-refractivity contribution in [3.63, 3.8) is 0 Å². The summed E-state index contributed by atoms with van der Waals surface area (Å²) in [4.78, 5) is 39.7. The molecule has 1 amide bonds. The Hall–Kier alpha value is -3.78. The highest BCUT2D eigenvalue weighted by Crippen LogP contribution is 2.36. The molecule has 1 aliphatic heterocycles. The summed E-state index contributed by atoms with van der Waals surface area (Å²) in [6, 6.07) is 13.6. The lowest BCUT2D eigenvalue weighted by Crippen LogP contribution is -2.35. The standard InChI is InChI=1S/C26H23ClFN3O4/c1-14-3-5-16(6-4-14)21-12-20(30-31(21)26(35)19(28)11-22(32)33)24-23(15(2)13-29-25(24)34)17-7-9-18(27)10-8-17/h3-10,13,19,21H,11-12H2,1-2H3,(H,29,34)(H,32,33)/t19?,21-/m1/s1. The summed E-state index contributed by atoms with van der Waals surface area (Å²) in [5.74, 6) is -2.49. The molecule has 2 heterocycles. The van der Waals surface area contributed by atoms with E-state index in [9.17, 15) is 18.8 Å². The second kappa shape index (κ2) is 9.84. The molecular weight excluding hydrogens is 473 g/mol. The lowest BCUT2D eigenvalue weighted by atomic mass is 9.91. The molecule has 0 radical (unpaired) electrons. The van der Waals surface area contributed by atoms with Gasteiger partial charge in [0.1, 0.15) is 0 Å². The van der Waals surface area contributed by atoms with Crippen molar-refractivity contribution in [3.8, 4) is 11.1 Å². The molecule has 0 aliphatic carbocycles. The van der Waals surface area contributed by atoms with Crippen LogP contribution in [0.3, 0.4) is 0 Å². The van der Waals surface area contributed by atoms with E-state index in [1.165, 1.54) is 0 Å². The van der Waals surface area contributed by atoms with Crippen molar-refractivity contribution in [1.29, 1.82) is 0 Å². The van der Waals surface area contributed by atoms with Gasteiger partial charge in [-0.25, -0.2) is 9.40 Å². The molecule has 0 saturated heterocycles. The summed E-state index contributed by atoms with van der Waals surface area (Å²) in [5.41, 5.74) is 4.01. The third kappa shape index (κ3) is 5.02. The zero-order chi connectivity index (χ0) is 25.3. The summed E-state index contributed by atoms with van der Waals surface area (Å²) in [5, 5.41) is 14.9. The van der Waals surface area contributed by atoms with Crippen LogP contribution in [0.15, 0.2) is 64.6 Å². The molecule has 7 nitrogen and oxygen atoms in total. The van der Waals surface area contributed by atoms with Gasteiger partial charge in [0.05, 0.1) is 23.7 Å². The monoisotopic (exact) mass is 495 g/mol. The topological polar surface area (TPSA) is 103 Å². The van der Waals surface area contributed by atoms with Crippen LogP contribution in [-0.2, 0) is 9.59 Å². The Labute approximate surface area is 205 Å². The highest BCUT2D eigenvalue weighted by molar-refractivity contribution is 6.30. The van der Waals surface area contributed by atoms with Gasteiger partial charge in [-0.1, -0.05) is 53.6 Å². The summed E-state index contributed by atoms with van der Waals surface area (Å²) in [7, 11) is 0. The lowest BCUT2D eigenvalue weighted by molar-refractivity contribution is -0.146. The molecule has 0 spiro atoms. The van der Waals surface area contributed by atoms with E-state index in [-0.39, 0.29) is 12.0 Å². The molecule has 2 atom stereocenters. The minimum atomic E-state index is -2.27. The van der Waals surface area contributed by atoms with Crippen LogP contribution in [0, 0.1) is 13.8 Å². The highest BCUT2D eigenvalue weighted by atomic mass is 35.5. The Morgan fingerprint density at radius 1 is 1.14 bits per heavy atom. The van der Waals surface area contributed by atoms with Crippen molar-refractivity contribution in [3.05, 3.63) is 92.4 Å². The van der Waals surface area contributed by atoms with Gasteiger partial charge in [-0.2, -0.15) is 5.10 Å². The number of nitrogens with zero attached hydrogens (tertiary/aromatic N) is 2. The number of carbonyl (C=O) groups is 2. The smallest absolute Gasteiger partial charge is 0.306 e. The van der Waals surface area contributed by atoms with Crippen LogP contribution in [0.2, 0.25) is 5.02 Å². The Morgan fingerprint density at radius 3 is 2.43 bits per heavy atom. The lowest BCUT2D eigenvalue weighted by Gasteiger charge is -2.23. The largest absolute Gasteiger partial charge is 0.481 e. The predicted molar refractivity (Wildman–Crippen MR) is 131 cm³/mol. The Bertz CT molecular complexity index is 1370. The minimum absolute atomic E-state index is 0.154. The van der Waals surface area contributed by atoms with Gasteiger partial charge >= 0.3 is 5.97 Å². The molecule has 180 valence electrons. The quantitative estimate of drug-likeness (QED) is 0.512. The molecule has 9 heteroatoms. The molecule has 1 aromatic heterocycles. The van der Waals surface area contributed by atoms with Crippen molar-refractivity contribution in [2.24, 2.45) is 5.10 Å². The molecule has 1 unspecified atom stereocenters. The fraction of sp³-hybridized carbons (Fsp3) is 0.231. The number of carboxylic acid groups (broad SMARTS) is 1. The number of amides is 1.